The molecule has 9 heteroatoms. The largest absolute Gasteiger partial charge is 0.332 e. The fourth-order valence-corrected chi connectivity index (χ4v) is 6.06. The van der Waals surface area contributed by atoms with Crippen molar-refractivity contribution in [3.8, 4) is 0 Å². The number of fused-ring (bicyclic) bond motifs is 1. The fourth-order valence-electron chi connectivity index (χ4n) is 3.76. The molecule has 0 spiro atoms. The highest BCUT2D eigenvalue weighted by molar-refractivity contribution is 8.00. The second-order valence-electron chi connectivity index (χ2n) is 7.40. The Balaban J connectivity index is 1.13. The topological polar surface area (TPSA) is 96.0 Å². The molecule has 7 nitrogen and oxygen atoms in total. The van der Waals surface area contributed by atoms with E-state index in [2.05, 4.69) is 38.3 Å². The molecular weight excluding hydrogens is 406 g/mol. The molecule has 2 saturated heterocycles. The van der Waals surface area contributed by atoms with Gasteiger partial charge in [0, 0.05) is 23.8 Å². The number of aryl methyl sites for hydroxylation is 2. The molecule has 1 aromatic carbocycles. The van der Waals surface area contributed by atoms with E-state index in [1.54, 1.807) is 0 Å². The monoisotopic (exact) mass is 431 g/mol. The lowest BCUT2D eigenvalue weighted by Gasteiger charge is -2.16. The number of unbranched alkanes of at least 4 members (excludes halogenated alkanes) is 1. The minimum Gasteiger partial charge on any atom is -0.332 e. The van der Waals surface area contributed by atoms with Gasteiger partial charge in [-0.25, -0.2) is 4.79 Å². The summed E-state index contributed by atoms with van der Waals surface area (Å²) >= 11 is 3.36. The van der Waals surface area contributed by atoms with Gasteiger partial charge in [0.25, 0.3) is 0 Å². The fraction of sp³-hybridized carbons (Fsp3) is 0.500. The molecule has 2 aliphatic heterocycles. The summed E-state index contributed by atoms with van der Waals surface area (Å²) in [5, 5.41) is 19.0. The molecule has 3 amide bonds. The number of carbonyl (C=O) groups excluding carboxylic acids is 2. The molecule has 3 atom stereocenters. The van der Waals surface area contributed by atoms with Gasteiger partial charge in [0.05, 0.1) is 12.1 Å². The first kappa shape index (κ1) is 20.2. The summed E-state index contributed by atoms with van der Waals surface area (Å²) in [7, 11) is 0. The first-order valence-corrected chi connectivity index (χ1v) is 11.9. The number of rotatable bonds is 9. The van der Waals surface area contributed by atoms with Crippen molar-refractivity contribution < 1.29 is 9.59 Å². The van der Waals surface area contributed by atoms with Crippen molar-refractivity contribution in [3.05, 3.63) is 40.9 Å². The lowest BCUT2D eigenvalue weighted by Crippen LogP contribution is -2.36. The van der Waals surface area contributed by atoms with Crippen LogP contribution in [0, 0.1) is 0 Å². The number of benzene rings is 1. The predicted molar refractivity (Wildman–Crippen MR) is 116 cm³/mol. The van der Waals surface area contributed by atoms with Gasteiger partial charge in [-0.1, -0.05) is 48.1 Å². The van der Waals surface area contributed by atoms with Gasteiger partial charge < -0.3 is 16.0 Å². The number of carbonyl (C=O) groups is 2. The van der Waals surface area contributed by atoms with Crippen LogP contribution in [0.4, 0.5) is 9.93 Å². The van der Waals surface area contributed by atoms with E-state index >= 15 is 0 Å². The highest BCUT2D eigenvalue weighted by atomic mass is 32.2. The van der Waals surface area contributed by atoms with Crippen LogP contribution < -0.4 is 16.0 Å². The van der Waals surface area contributed by atoms with Crippen LogP contribution in [0.15, 0.2) is 30.3 Å². The lowest BCUT2D eigenvalue weighted by atomic mass is 10.0. The van der Waals surface area contributed by atoms with Crippen molar-refractivity contribution >= 4 is 40.2 Å². The van der Waals surface area contributed by atoms with Gasteiger partial charge in [-0.2, -0.15) is 11.8 Å². The van der Waals surface area contributed by atoms with Crippen LogP contribution in [-0.4, -0.2) is 45.2 Å². The SMILES string of the molecule is O=C(CCCC[C@H]1SC[C@@H]2NC(=O)N[C@H]21)Nc1nnc(CCc2ccccc2)s1. The normalized spacial score (nSPS) is 22.8. The minimum atomic E-state index is -0.0510. The van der Waals surface area contributed by atoms with Crippen molar-refractivity contribution in [3.63, 3.8) is 0 Å². The Morgan fingerprint density at radius 2 is 2.00 bits per heavy atom. The van der Waals surface area contributed by atoms with Gasteiger partial charge >= 0.3 is 6.03 Å². The molecule has 1 aromatic heterocycles. The van der Waals surface area contributed by atoms with Crippen LogP contribution in [0.25, 0.3) is 0 Å². The summed E-state index contributed by atoms with van der Waals surface area (Å²) < 4.78 is 0. The average Bonchev–Trinajstić information content (AvgIpc) is 3.41. The third-order valence-corrected chi connectivity index (χ3v) is 7.67. The standard InChI is InChI=1S/C20H25N5O2S2/c26-16(9-5-4-8-15-18-14(12-28-15)21-19(27)23-18)22-20-25-24-17(29-20)11-10-13-6-2-1-3-7-13/h1-3,6-7,14-15,18H,4-5,8-12H2,(H2,21,23,27)(H,22,25,26)/t14-,15+,18+/m0/s1. The van der Waals surface area contributed by atoms with E-state index in [4.69, 9.17) is 0 Å². The molecule has 2 aromatic rings. The summed E-state index contributed by atoms with van der Waals surface area (Å²) in [4.78, 5) is 23.6. The zero-order valence-corrected chi connectivity index (χ0v) is 17.7. The van der Waals surface area contributed by atoms with E-state index in [-0.39, 0.29) is 24.0 Å². The van der Waals surface area contributed by atoms with Gasteiger partial charge in [-0.15, -0.1) is 10.2 Å². The van der Waals surface area contributed by atoms with Gasteiger partial charge in [-0.05, 0) is 24.8 Å². The van der Waals surface area contributed by atoms with Crippen LogP contribution in [-0.2, 0) is 17.6 Å². The minimum absolute atomic E-state index is 0.0106. The number of aromatic nitrogens is 2. The molecule has 2 fully saturated rings. The quantitative estimate of drug-likeness (QED) is 0.419. The number of thioether (sulfide) groups is 1. The molecule has 3 heterocycles. The lowest BCUT2D eigenvalue weighted by molar-refractivity contribution is -0.116. The number of nitrogens with one attached hydrogen (secondary N) is 3. The molecule has 0 unspecified atom stereocenters. The van der Waals surface area contributed by atoms with Gasteiger partial charge in [-0.3, -0.25) is 4.79 Å². The molecule has 0 bridgehead atoms. The summed E-state index contributed by atoms with van der Waals surface area (Å²) in [5.41, 5.74) is 1.27. The Morgan fingerprint density at radius 3 is 2.86 bits per heavy atom. The zero-order valence-electron chi connectivity index (χ0n) is 16.1. The highest BCUT2D eigenvalue weighted by Crippen LogP contribution is 2.33. The zero-order chi connectivity index (χ0) is 20.1. The van der Waals surface area contributed by atoms with E-state index < -0.39 is 0 Å². The first-order chi connectivity index (χ1) is 14.2. The smallest absolute Gasteiger partial charge is 0.315 e. The number of amides is 3. The van der Waals surface area contributed by atoms with E-state index in [0.29, 0.717) is 16.8 Å². The second-order valence-corrected chi connectivity index (χ2v) is 9.74. The molecule has 154 valence electrons. The van der Waals surface area contributed by atoms with Crippen LogP contribution >= 0.6 is 23.1 Å². The maximum Gasteiger partial charge on any atom is 0.315 e. The van der Waals surface area contributed by atoms with Crippen LogP contribution in [0.1, 0.15) is 36.3 Å². The van der Waals surface area contributed by atoms with E-state index in [0.717, 1.165) is 42.9 Å². The third kappa shape index (κ3) is 5.48. The number of hydrogen-bond acceptors (Lipinski definition) is 6. The average molecular weight is 432 g/mol. The maximum atomic E-state index is 12.2. The molecule has 0 radical (unpaired) electrons. The summed E-state index contributed by atoms with van der Waals surface area (Å²) in [6.45, 7) is 0. The van der Waals surface area contributed by atoms with Crippen molar-refractivity contribution in [2.75, 3.05) is 11.1 Å². The summed E-state index contributed by atoms with van der Waals surface area (Å²) in [5.74, 6) is 0.960. The van der Waals surface area contributed by atoms with Gasteiger partial charge in [0.15, 0.2) is 0 Å². The molecule has 3 N–H and O–H groups in total. The molecule has 2 aliphatic rings. The van der Waals surface area contributed by atoms with Crippen molar-refractivity contribution in [2.45, 2.75) is 55.9 Å². The Kier molecular flexibility index (Phi) is 6.66. The van der Waals surface area contributed by atoms with Gasteiger partial charge in [0.2, 0.25) is 11.0 Å². The molecule has 0 saturated carbocycles. The Morgan fingerprint density at radius 1 is 1.14 bits per heavy atom. The van der Waals surface area contributed by atoms with E-state index in [9.17, 15) is 9.59 Å². The molecule has 29 heavy (non-hydrogen) atoms. The molecule has 0 aliphatic carbocycles. The van der Waals surface area contributed by atoms with Crippen LogP contribution in [0.5, 0.6) is 0 Å². The maximum absolute atomic E-state index is 12.2. The Bertz CT molecular complexity index is 844. The number of anilines is 1. The Hall–Kier alpha value is -2.13. The number of hydrogen-bond donors (Lipinski definition) is 3. The van der Waals surface area contributed by atoms with E-state index in [1.807, 2.05) is 30.0 Å². The second kappa shape index (κ2) is 9.58. The van der Waals surface area contributed by atoms with Crippen molar-refractivity contribution in [1.82, 2.24) is 20.8 Å². The van der Waals surface area contributed by atoms with E-state index in [1.165, 1.54) is 16.9 Å². The molecule has 4 rings (SSSR count). The summed E-state index contributed by atoms with van der Waals surface area (Å²) in [6.07, 6.45) is 5.05. The van der Waals surface area contributed by atoms with Crippen LogP contribution in [0.2, 0.25) is 0 Å². The number of urea groups is 1. The first-order valence-electron chi connectivity index (χ1n) is 10.0. The van der Waals surface area contributed by atoms with Crippen LogP contribution in [0.3, 0.4) is 0 Å². The third-order valence-electron chi connectivity index (χ3n) is 5.26. The highest BCUT2D eigenvalue weighted by Gasteiger charge is 2.42. The Labute approximate surface area is 178 Å². The molecular formula is C20H25N5O2S2. The van der Waals surface area contributed by atoms with Crippen molar-refractivity contribution in [2.24, 2.45) is 0 Å². The summed E-state index contributed by atoms with van der Waals surface area (Å²) in [6, 6.07) is 10.7. The van der Waals surface area contributed by atoms with Gasteiger partial charge in [0.1, 0.15) is 5.01 Å². The predicted octanol–water partition coefficient (Wildman–Crippen LogP) is 2.99. The number of nitrogens with zero attached hydrogens (tertiary/aromatic N) is 2. The van der Waals surface area contributed by atoms with Crippen molar-refractivity contribution in [1.29, 1.82) is 0 Å².